The molecule has 2 atom stereocenters. The van der Waals surface area contributed by atoms with Gasteiger partial charge in [0.2, 0.25) is 0 Å². The molecule has 0 amide bonds. The van der Waals surface area contributed by atoms with Crippen LogP contribution in [0.25, 0.3) is 0 Å². The fraction of sp³-hybridized carbons (Fsp3) is 0.500. The maximum absolute atomic E-state index is 8.50. The Kier molecular flexibility index (Phi) is 1.73. The van der Waals surface area contributed by atoms with Gasteiger partial charge in [-0.15, -0.1) is 0 Å². The van der Waals surface area contributed by atoms with Crippen molar-refractivity contribution in [3.8, 4) is 12.1 Å². The molecular weight excluding hydrogens is 124 g/mol. The molecule has 0 aliphatic heterocycles. The van der Waals surface area contributed by atoms with Gasteiger partial charge >= 0.3 is 0 Å². The minimum Gasteiger partial charge on any atom is -0.198 e. The second kappa shape index (κ2) is 2.54. The Labute approximate surface area is 60.4 Å². The summed E-state index contributed by atoms with van der Waals surface area (Å²) in [5.41, 5.74) is 1.06. The summed E-state index contributed by atoms with van der Waals surface area (Å²) in [6.07, 6.45) is 1.25. The highest BCUT2D eigenvalue weighted by Crippen LogP contribution is 2.39. The maximum Gasteiger partial charge on any atom is 0.0665 e. The highest BCUT2D eigenvalue weighted by atomic mass is 14.4. The lowest BCUT2D eigenvalue weighted by Crippen LogP contribution is -2.26. The Morgan fingerprint density at radius 3 is 2.70 bits per heavy atom. The Bertz CT molecular complexity index is 229. The predicted molar refractivity (Wildman–Crippen MR) is 36.6 cm³/mol. The van der Waals surface area contributed by atoms with Gasteiger partial charge in [-0.3, -0.25) is 0 Å². The molecule has 0 aromatic rings. The van der Waals surface area contributed by atoms with Gasteiger partial charge in [-0.25, -0.2) is 0 Å². The first-order valence-electron chi connectivity index (χ1n) is 3.24. The monoisotopic (exact) mass is 132 g/mol. The summed E-state index contributed by atoms with van der Waals surface area (Å²) in [7, 11) is 0. The minimum absolute atomic E-state index is 0.0622. The van der Waals surface area contributed by atoms with Crippen LogP contribution >= 0.6 is 0 Å². The first-order valence-corrected chi connectivity index (χ1v) is 3.24. The number of hydrogen-bond donors (Lipinski definition) is 0. The van der Waals surface area contributed by atoms with Crippen LogP contribution in [0, 0.1) is 34.5 Å². The normalized spacial score (nSPS) is 30.0. The number of nitrogens with zero attached hydrogens (tertiary/aromatic N) is 2. The van der Waals surface area contributed by atoms with E-state index in [0.29, 0.717) is 6.42 Å². The molecule has 0 spiro atoms. The molecule has 50 valence electrons. The zero-order valence-corrected chi connectivity index (χ0v) is 5.67. The molecule has 0 bridgehead atoms. The highest BCUT2D eigenvalue weighted by molar-refractivity contribution is 5.21. The van der Waals surface area contributed by atoms with Crippen molar-refractivity contribution in [2.75, 3.05) is 0 Å². The lowest BCUT2D eigenvalue weighted by atomic mass is 9.69. The second-order valence-electron chi connectivity index (χ2n) is 2.57. The van der Waals surface area contributed by atoms with E-state index in [1.165, 1.54) is 0 Å². The molecule has 2 heteroatoms. The van der Waals surface area contributed by atoms with E-state index in [9.17, 15) is 0 Å². The molecule has 10 heavy (non-hydrogen) atoms. The van der Waals surface area contributed by atoms with Crippen LogP contribution in [0.15, 0.2) is 12.2 Å². The molecule has 0 saturated heterocycles. The summed E-state index contributed by atoms with van der Waals surface area (Å²) in [5.74, 6) is 0.224. The third kappa shape index (κ3) is 0.890. The van der Waals surface area contributed by atoms with E-state index in [4.69, 9.17) is 10.5 Å². The quantitative estimate of drug-likeness (QED) is 0.509. The molecule has 1 rings (SSSR count). The van der Waals surface area contributed by atoms with Gasteiger partial charge in [0.05, 0.1) is 18.1 Å². The van der Waals surface area contributed by atoms with Crippen LogP contribution in [-0.2, 0) is 0 Å². The van der Waals surface area contributed by atoms with Crippen molar-refractivity contribution in [3.05, 3.63) is 12.2 Å². The Morgan fingerprint density at radius 2 is 2.30 bits per heavy atom. The van der Waals surface area contributed by atoms with Gasteiger partial charge in [0.1, 0.15) is 0 Å². The summed E-state index contributed by atoms with van der Waals surface area (Å²) in [6, 6.07) is 4.21. The van der Waals surface area contributed by atoms with Crippen molar-refractivity contribution >= 4 is 0 Å². The number of nitriles is 2. The van der Waals surface area contributed by atoms with Crippen LogP contribution in [0.5, 0.6) is 0 Å². The molecule has 0 N–H and O–H groups in total. The van der Waals surface area contributed by atoms with E-state index >= 15 is 0 Å². The largest absolute Gasteiger partial charge is 0.198 e. The van der Waals surface area contributed by atoms with Crippen LogP contribution in [0.2, 0.25) is 0 Å². The minimum atomic E-state index is 0.0622. The average Bonchev–Trinajstić information content (AvgIpc) is 1.95. The fourth-order valence-corrected chi connectivity index (χ4v) is 1.22. The van der Waals surface area contributed by atoms with Crippen LogP contribution in [0.3, 0.4) is 0 Å². The van der Waals surface area contributed by atoms with Crippen molar-refractivity contribution in [1.82, 2.24) is 0 Å². The molecular formula is C8H8N2. The highest BCUT2D eigenvalue weighted by Gasteiger charge is 2.33. The van der Waals surface area contributed by atoms with Gasteiger partial charge in [0, 0.05) is 12.3 Å². The maximum atomic E-state index is 8.50. The SMILES string of the molecule is C=C1CC(C#N)C1CC#N. The van der Waals surface area contributed by atoms with Gasteiger partial charge in [-0.05, 0) is 6.42 Å². The van der Waals surface area contributed by atoms with Crippen molar-refractivity contribution in [2.45, 2.75) is 12.8 Å². The molecule has 1 aliphatic rings. The van der Waals surface area contributed by atoms with Crippen molar-refractivity contribution in [3.63, 3.8) is 0 Å². The Morgan fingerprint density at radius 1 is 1.60 bits per heavy atom. The van der Waals surface area contributed by atoms with E-state index < -0.39 is 0 Å². The summed E-state index contributed by atoms with van der Waals surface area (Å²) in [4.78, 5) is 0. The van der Waals surface area contributed by atoms with Crippen molar-refractivity contribution in [2.24, 2.45) is 11.8 Å². The standard InChI is InChI=1S/C8H8N2/c1-6-4-7(5-10)8(6)2-3-9/h7-8H,1-2,4H2. The Balaban J connectivity index is 2.52. The van der Waals surface area contributed by atoms with E-state index in [1.54, 1.807) is 0 Å². The number of rotatable bonds is 1. The molecule has 0 radical (unpaired) electrons. The average molecular weight is 132 g/mol. The molecule has 2 nitrogen and oxygen atoms in total. The van der Waals surface area contributed by atoms with Gasteiger partial charge in [-0.2, -0.15) is 10.5 Å². The molecule has 0 aromatic heterocycles. The van der Waals surface area contributed by atoms with Gasteiger partial charge < -0.3 is 0 Å². The molecule has 0 heterocycles. The van der Waals surface area contributed by atoms with Crippen LogP contribution in [0.1, 0.15) is 12.8 Å². The molecule has 2 unspecified atom stereocenters. The summed E-state index contributed by atoms with van der Waals surface area (Å²) in [6.45, 7) is 3.76. The second-order valence-corrected chi connectivity index (χ2v) is 2.57. The zero-order chi connectivity index (χ0) is 7.56. The van der Waals surface area contributed by atoms with E-state index in [2.05, 4.69) is 18.7 Å². The molecule has 1 saturated carbocycles. The van der Waals surface area contributed by atoms with Crippen LogP contribution in [0.4, 0.5) is 0 Å². The topological polar surface area (TPSA) is 47.6 Å². The summed E-state index contributed by atoms with van der Waals surface area (Å²) in [5, 5.41) is 16.8. The number of allylic oxidation sites excluding steroid dienone is 1. The first kappa shape index (κ1) is 6.83. The van der Waals surface area contributed by atoms with E-state index in [-0.39, 0.29) is 11.8 Å². The smallest absolute Gasteiger partial charge is 0.0665 e. The van der Waals surface area contributed by atoms with E-state index in [0.717, 1.165) is 12.0 Å². The first-order chi connectivity index (χ1) is 4.79. The van der Waals surface area contributed by atoms with E-state index in [1.807, 2.05) is 0 Å². The third-order valence-electron chi connectivity index (χ3n) is 1.97. The van der Waals surface area contributed by atoms with Crippen LogP contribution in [-0.4, -0.2) is 0 Å². The van der Waals surface area contributed by atoms with Gasteiger partial charge in [0.15, 0.2) is 0 Å². The summed E-state index contributed by atoms with van der Waals surface area (Å²) >= 11 is 0. The third-order valence-corrected chi connectivity index (χ3v) is 1.97. The molecule has 0 aromatic carbocycles. The van der Waals surface area contributed by atoms with Crippen LogP contribution < -0.4 is 0 Å². The van der Waals surface area contributed by atoms with Gasteiger partial charge in [0.25, 0.3) is 0 Å². The summed E-state index contributed by atoms with van der Waals surface area (Å²) < 4.78 is 0. The van der Waals surface area contributed by atoms with Crippen molar-refractivity contribution < 1.29 is 0 Å². The zero-order valence-electron chi connectivity index (χ0n) is 5.67. The molecule has 1 aliphatic carbocycles. The van der Waals surface area contributed by atoms with Crippen molar-refractivity contribution in [1.29, 1.82) is 10.5 Å². The number of hydrogen-bond acceptors (Lipinski definition) is 2. The molecule has 1 fully saturated rings. The lowest BCUT2D eigenvalue weighted by Gasteiger charge is -2.32. The Hall–Kier alpha value is -1.28. The predicted octanol–water partition coefficient (Wildman–Crippen LogP) is 1.62. The van der Waals surface area contributed by atoms with Gasteiger partial charge in [-0.1, -0.05) is 12.2 Å². The lowest BCUT2D eigenvalue weighted by molar-refractivity contribution is 0.355. The fourth-order valence-electron chi connectivity index (χ4n) is 1.22.